The first-order chi connectivity index (χ1) is 17.0. The lowest BCUT2D eigenvalue weighted by atomic mass is 10.0. The van der Waals surface area contributed by atoms with Crippen molar-refractivity contribution in [3.05, 3.63) is 48.0 Å². The van der Waals surface area contributed by atoms with Crippen molar-refractivity contribution in [3.63, 3.8) is 0 Å². The van der Waals surface area contributed by atoms with Gasteiger partial charge in [-0.2, -0.15) is 0 Å². The number of aromatic hydroxyl groups is 1. The van der Waals surface area contributed by atoms with Crippen LogP contribution in [0, 0.1) is 0 Å². The molecule has 2 rings (SSSR count). The molecular weight excluding hydrogens is 474 g/mol. The average molecular weight is 504 g/mol. The van der Waals surface area contributed by atoms with Gasteiger partial charge in [-0.25, -0.2) is 9.78 Å². The molecule has 0 aliphatic carbocycles. The summed E-state index contributed by atoms with van der Waals surface area (Å²) < 4.78 is 0. The molecule has 2 aromatic rings. The van der Waals surface area contributed by atoms with Crippen LogP contribution in [0.4, 0.5) is 0 Å². The van der Waals surface area contributed by atoms with Crippen molar-refractivity contribution in [2.24, 2.45) is 11.5 Å². The molecule has 36 heavy (non-hydrogen) atoms. The van der Waals surface area contributed by atoms with Crippen LogP contribution in [0.3, 0.4) is 0 Å². The second-order valence-corrected chi connectivity index (χ2v) is 8.12. The molecule has 1 heterocycles. The van der Waals surface area contributed by atoms with Crippen molar-refractivity contribution < 1.29 is 34.2 Å². The number of nitrogens with one attached hydrogen (secondary N) is 4. The van der Waals surface area contributed by atoms with Crippen LogP contribution >= 0.6 is 0 Å². The van der Waals surface area contributed by atoms with Crippen LogP contribution in [0.1, 0.15) is 24.6 Å². The number of amides is 4. The highest BCUT2D eigenvalue weighted by Gasteiger charge is 2.29. The van der Waals surface area contributed by atoms with Crippen LogP contribution < -0.4 is 27.4 Å². The van der Waals surface area contributed by atoms with Gasteiger partial charge in [0.05, 0.1) is 18.8 Å². The van der Waals surface area contributed by atoms with Crippen LogP contribution in [0.25, 0.3) is 0 Å². The Balaban J connectivity index is 1.98. The van der Waals surface area contributed by atoms with E-state index in [9.17, 15) is 34.2 Å². The SMILES string of the molecule is CC(NC(=O)C(CC(N)=O)NC(=O)C(N)Cc1ccc(O)cc1)C(=O)NC(Cc1cnc[nH]1)C(=O)O. The molecule has 0 saturated heterocycles. The van der Waals surface area contributed by atoms with Crippen molar-refractivity contribution in [3.8, 4) is 5.75 Å². The van der Waals surface area contributed by atoms with Crippen molar-refractivity contribution in [2.75, 3.05) is 0 Å². The number of carboxylic acids is 1. The number of imidazole rings is 1. The van der Waals surface area contributed by atoms with E-state index in [0.29, 0.717) is 11.3 Å². The number of hydrogen-bond acceptors (Lipinski definition) is 8. The molecule has 4 amide bonds. The fourth-order valence-corrected chi connectivity index (χ4v) is 3.16. The smallest absolute Gasteiger partial charge is 0.326 e. The van der Waals surface area contributed by atoms with Gasteiger partial charge in [0.15, 0.2) is 0 Å². The molecule has 1 aromatic heterocycles. The van der Waals surface area contributed by atoms with E-state index in [0.717, 1.165) is 0 Å². The molecule has 0 bridgehead atoms. The Hall–Kier alpha value is -4.46. The highest BCUT2D eigenvalue weighted by atomic mass is 16.4. The number of aliphatic carboxylic acids is 1. The van der Waals surface area contributed by atoms with Gasteiger partial charge in [-0.15, -0.1) is 0 Å². The van der Waals surface area contributed by atoms with Gasteiger partial charge in [-0.1, -0.05) is 12.1 Å². The molecular formula is C22H29N7O7. The molecule has 0 radical (unpaired) electrons. The van der Waals surface area contributed by atoms with Crippen LogP contribution in [0.5, 0.6) is 5.75 Å². The molecule has 0 saturated carbocycles. The summed E-state index contributed by atoms with van der Waals surface area (Å²) in [5.41, 5.74) is 12.2. The number of nitrogens with zero attached hydrogens (tertiary/aromatic N) is 1. The maximum atomic E-state index is 12.7. The zero-order valence-electron chi connectivity index (χ0n) is 19.4. The number of benzene rings is 1. The number of carbonyl (C=O) groups is 5. The zero-order chi connectivity index (χ0) is 26.8. The molecule has 1 aromatic carbocycles. The van der Waals surface area contributed by atoms with Crippen LogP contribution in [-0.2, 0) is 36.8 Å². The quantitative estimate of drug-likeness (QED) is 0.146. The van der Waals surface area contributed by atoms with Gasteiger partial charge in [-0.3, -0.25) is 19.2 Å². The number of carboxylic acid groups (broad SMARTS) is 1. The number of aromatic nitrogens is 2. The third-order valence-corrected chi connectivity index (χ3v) is 5.11. The molecule has 194 valence electrons. The van der Waals surface area contributed by atoms with Crippen molar-refractivity contribution in [1.29, 1.82) is 0 Å². The molecule has 0 aliphatic rings. The number of phenolic OH excluding ortho intramolecular Hbond substituents is 1. The summed E-state index contributed by atoms with van der Waals surface area (Å²) in [6.45, 7) is 1.31. The third kappa shape index (κ3) is 8.72. The zero-order valence-corrected chi connectivity index (χ0v) is 19.4. The van der Waals surface area contributed by atoms with Gasteiger partial charge in [0.2, 0.25) is 23.6 Å². The number of aromatic amines is 1. The average Bonchev–Trinajstić information content (AvgIpc) is 3.32. The predicted octanol–water partition coefficient (Wildman–Crippen LogP) is -2.34. The van der Waals surface area contributed by atoms with Gasteiger partial charge >= 0.3 is 5.97 Å². The topological polar surface area (TPSA) is 243 Å². The lowest BCUT2D eigenvalue weighted by Crippen LogP contribution is -2.57. The fraction of sp³-hybridized carbons (Fsp3) is 0.364. The molecule has 0 spiro atoms. The normalized spacial score (nSPS) is 14.1. The number of primary amides is 1. The van der Waals surface area contributed by atoms with Crippen LogP contribution in [-0.4, -0.2) is 73.9 Å². The number of nitrogens with two attached hydrogens (primary N) is 2. The summed E-state index contributed by atoms with van der Waals surface area (Å²) in [6.07, 6.45) is 2.23. The van der Waals surface area contributed by atoms with Crippen molar-refractivity contribution in [2.45, 2.75) is 50.4 Å². The molecule has 0 aliphatic heterocycles. The molecule has 4 atom stereocenters. The second kappa shape index (κ2) is 12.9. The van der Waals surface area contributed by atoms with Crippen LogP contribution in [0.2, 0.25) is 0 Å². The number of rotatable bonds is 13. The Kier molecular flexibility index (Phi) is 9.92. The lowest BCUT2D eigenvalue weighted by Gasteiger charge is -2.23. The maximum Gasteiger partial charge on any atom is 0.326 e. The van der Waals surface area contributed by atoms with E-state index < -0.39 is 60.2 Å². The second-order valence-electron chi connectivity index (χ2n) is 8.12. The van der Waals surface area contributed by atoms with Gasteiger partial charge in [-0.05, 0) is 31.0 Å². The van der Waals surface area contributed by atoms with Gasteiger partial charge in [0, 0.05) is 18.3 Å². The summed E-state index contributed by atoms with van der Waals surface area (Å²) in [4.78, 5) is 67.2. The standard InChI is InChI=1S/C22H29N7O7/c1-11(19(32)29-17(22(35)36)7-13-9-25-10-26-13)27-21(34)16(8-18(24)31)28-20(33)15(23)6-12-2-4-14(30)5-3-12/h2-5,9-11,15-17,30H,6-8,23H2,1H3,(H2,24,31)(H,25,26)(H,27,34)(H,28,33)(H,29,32)(H,35,36). The summed E-state index contributed by atoms with van der Waals surface area (Å²) in [6, 6.07) is 1.00. The molecule has 14 nitrogen and oxygen atoms in total. The highest BCUT2D eigenvalue weighted by Crippen LogP contribution is 2.11. The largest absolute Gasteiger partial charge is 0.508 e. The Morgan fingerprint density at radius 3 is 2.17 bits per heavy atom. The molecule has 4 unspecified atom stereocenters. The first kappa shape index (κ1) is 27.8. The summed E-state index contributed by atoms with van der Waals surface area (Å²) in [5, 5.41) is 25.7. The van der Waals surface area contributed by atoms with Gasteiger partial charge in [0.1, 0.15) is 23.9 Å². The summed E-state index contributed by atoms with van der Waals surface area (Å²) >= 11 is 0. The Morgan fingerprint density at radius 1 is 0.972 bits per heavy atom. The Bertz CT molecular complexity index is 1070. The monoisotopic (exact) mass is 503 g/mol. The minimum Gasteiger partial charge on any atom is -0.508 e. The third-order valence-electron chi connectivity index (χ3n) is 5.11. The Morgan fingerprint density at radius 2 is 1.61 bits per heavy atom. The first-order valence-electron chi connectivity index (χ1n) is 10.9. The van der Waals surface area contributed by atoms with E-state index in [4.69, 9.17) is 11.5 Å². The number of carbonyl (C=O) groups excluding carboxylic acids is 4. The number of phenols is 1. The number of H-pyrrole nitrogens is 1. The Labute approximate surface area is 205 Å². The molecule has 14 heteroatoms. The number of hydrogen-bond donors (Lipinski definition) is 8. The highest BCUT2D eigenvalue weighted by molar-refractivity contribution is 5.96. The first-order valence-corrected chi connectivity index (χ1v) is 10.9. The maximum absolute atomic E-state index is 12.7. The van der Waals surface area contributed by atoms with E-state index >= 15 is 0 Å². The lowest BCUT2D eigenvalue weighted by molar-refractivity contribution is -0.142. The van der Waals surface area contributed by atoms with E-state index in [1.165, 1.54) is 31.6 Å². The predicted molar refractivity (Wildman–Crippen MR) is 125 cm³/mol. The van der Waals surface area contributed by atoms with Crippen molar-refractivity contribution in [1.82, 2.24) is 25.9 Å². The summed E-state index contributed by atoms with van der Waals surface area (Å²) in [7, 11) is 0. The van der Waals surface area contributed by atoms with Crippen molar-refractivity contribution >= 4 is 29.6 Å². The minimum atomic E-state index is -1.42. The molecule has 10 N–H and O–H groups in total. The molecule has 0 fully saturated rings. The van der Waals surface area contributed by atoms with Gasteiger partial charge in [0.25, 0.3) is 0 Å². The van der Waals surface area contributed by atoms with E-state index in [1.54, 1.807) is 12.1 Å². The van der Waals surface area contributed by atoms with E-state index in [-0.39, 0.29) is 18.6 Å². The van der Waals surface area contributed by atoms with Gasteiger partial charge < -0.3 is 42.6 Å². The fourth-order valence-electron chi connectivity index (χ4n) is 3.16. The van der Waals surface area contributed by atoms with E-state index in [1.807, 2.05) is 0 Å². The van der Waals surface area contributed by atoms with E-state index in [2.05, 4.69) is 25.9 Å². The van der Waals surface area contributed by atoms with Crippen LogP contribution in [0.15, 0.2) is 36.8 Å². The minimum absolute atomic E-state index is 0.0455. The summed E-state index contributed by atoms with van der Waals surface area (Å²) in [5.74, 6) is -4.56.